The summed E-state index contributed by atoms with van der Waals surface area (Å²) in [6.07, 6.45) is 2.87. The highest BCUT2D eigenvalue weighted by molar-refractivity contribution is 5.63. The lowest BCUT2D eigenvalue weighted by Gasteiger charge is -2.63. The minimum absolute atomic E-state index is 0.0944. The summed E-state index contributed by atoms with van der Waals surface area (Å²) in [5.41, 5.74) is 0.990. The van der Waals surface area contributed by atoms with Gasteiger partial charge in [-0.05, 0) is 68.2 Å². The summed E-state index contributed by atoms with van der Waals surface area (Å²) in [7, 11) is 0. The molecule has 3 fully saturated rings. The van der Waals surface area contributed by atoms with E-state index in [1.807, 2.05) is 6.07 Å². The van der Waals surface area contributed by atoms with Crippen LogP contribution in [0.15, 0.2) is 24.3 Å². The van der Waals surface area contributed by atoms with Crippen molar-refractivity contribution in [1.29, 1.82) is 0 Å². The molecule has 3 aliphatic carbocycles. The van der Waals surface area contributed by atoms with Crippen molar-refractivity contribution in [3.63, 3.8) is 0 Å². The van der Waals surface area contributed by atoms with Gasteiger partial charge in [-0.25, -0.2) is 0 Å². The lowest BCUT2D eigenvalue weighted by molar-refractivity contribution is -0.174. The topological polar surface area (TPSA) is 52.9 Å². The molecule has 0 aromatic heterocycles. The van der Waals surface area contributed by atoms with Crippen molar-refractivity contribution in [2.24, 2.45) is 5.89 Å². The second-order valence-electron chi connectivity index (χ2n) is 8.38. The van der Waals surface area contributed by atoms with Crippen molar-refractivity contribution in [2.75, 3.05) is 13.0 Å². The van der Waals surface area contributed by atoms with E-state index in [4.69, 9.17) is 8.85 Å². The maximum absolute atomic E-state index is 12.2. The summed E-state index contributed by atoms with van der Waals surface area (Å²) in [6, 6.07) is 3.11. The Morgan fingerprint density at radius 3 is 3.04 bits per heavy atom. The first-order chi connectivity index (χ1) is 13.2. The van der Waals surface area contributed by atoms with E-state index in [1.165, 1.54) is 0 Å². The average Bonchev–Trinajstić information content (AvgIpc) is 3.29. The molecular formula is C21H25NO3. The number of aromatic hydroxyl groups is 1. The van der Waals surface area contributed by atoms with Crippen molar-refractivity contribution < 1.29 is 19.1 Å². The molecule has 2 saturated carbocycles. The van der Waals surface area contributed by atoms with Crippen LogP contribution in [0.3, 0.4) is 0 Å². The van der Waals surface area contributed by atoms with E-state index < -0.39 is 35.6 Å². The van der Waals surface area contributed by atoms with Crippen LogP contribution in [0, 0.1) is 5.89 Å². The van der Waals surface area contributed by atoms with E-state index in [-0.39, 0.29) is 5.75 Å². The summed E-state index contributed by atoms with van der Waals surface area (Å²) in [6.45, 7) is 2.89. The third-order valence-corrected chi connectivity index (χ3v) is 7.21. The third kappa shape index (κ3) is 1.57. The van der Waals surface area contributed by atoms with Crippen LogP contribution in [0.2, 0.25) is 0 Å². The Hall–Kier alpha value is -1.52. The molecule has 4 nitrogen and oxygen atoms in total. The highest BCUT2D eigenvalue weighted by Gasteiger charge is 2.71. The van der Waals surface area contributed by atoms with E-state index >= 15 is 0 Å². The van der Waals surface area contributed by atoms with E-state index in [9.17, 15) is 10.2 Å². The van der Waals surface area contributed by atoms with Crippen LogP contribution in [0.1, 0.15) is 47.3 Å². The fourth-order valence-electron chi connectivity index (χ4n) is 5.97. The zero-order valence-corrected chi connectivity index (χ0v) is 14.2. The maximum Gasteiger partial charge on any atom is 0.166 e. The molecule has 4 heteroatoms. The molecule has 0 amide bonds. The second-order valence-corrected chi connectivity index (χ2v) is 8.38. The number of hydrogen-bond donors (Lipinski definition) is 2. The van der Waals surface area contributed by atoms with Crippen LogP contribution in [-0.2, 0) is 11.8 Å². The molecule has 2 heterocycles. The van der Waals surface area contributed by atoms with Gasteiger partial charge in [-0.2, -0.15) is 0 Å². The monoisotopic (exact) mass is 342 g/mol. The molecule has 132 valence electrons. The third-order valence-electron chi connectivity index (χ3n) is 7.21. The SMILES string of the molecule is [2H]C1(C([2H])([2H])N2CC[C@]34c5c6ccc(O)c5O[C@H]3C(=C)CC[C@@]4(O)[C@H]2C6)CC1. The summed E-state index contributed by atoms with van der Waals surface area (Å²) in [4.78, 5) is 1.77. The molecule has 1 aromatic rings. The number of likely N-dealkylation sites (tertiary alicyclic amines) is 1. The van der Waals surface area contributed by atoms with Crippen LogP contribution in [0.25, 0.3) is 0 Å². The zero-order chi connectivity index (χ0) is 19.7. The van der Waals surface area contributed by atoms with Crippen molar-refractivity contribution >= 4 is 0 Å². The van der Waals surface area contributed by atoms with Gasteiger partial charge in [-0.3, -0.25) is 4.90 Å². The highest BCUT2D eigenvalue weighted by atomic mass is 16.5. The molecule has 1 saturated heterocycles. The Bertz CT molecular complexity index is 930. The Morgan fingerprint density at radius 1 is 1.40 bits per heavy atom. The van der Waals surface area contributed by atoms with Gasteiger partial charge in [0.15, 0.2) is 11.5 Å². The molecule has 2 N–H and O–H groups in total. The van der Waals surface area contributed by atoms with Crippen molar-refractivity contribution in [3.8, 4) is 11.5 Å². The number of nitrogens with zero attached hydrogens (tertiary/aromatic N) is 1. The standard InChI is InChI=1S/C21H25NO3/c1-12-6-7-21(24)16-10-14-4-5-15(23)18-17(14)20(21,19(12)25-18)8-9-22(16)11-13-2-3-13/h4-5,13,16,19,23-24H,1-3,6-11H2/t16-,19+,20+,21-/m1/s1/i11D2,13D. The quantitative estimate of drug-likeness (QED) is 0.811. The lowest BCUT2D eigenvalue weighted by atomic mass is 9.48. The lowest BCUT2D eigenvalue weighted by Crippen LogP contribution is -2.75. The number of piperidine rings is 1. The van der Waals surface area contributed by atoms with Crippen molar-refractivity contribution in [2.45, 2.75) is 61.7 Å². The summed E-state index contributed by atoms with van der Waals surface area (Å²) in [5.74, 6) is -0.520. The second kappa shape index (κ2) is 4.41. The summed E-state index contributed by atoms with van der Waals surface area (Å²) < 4.78 is 32.3. The van der Waals surface area contributed by atoms with Gasteiger partial charge < -0.3 is 14.9 Å². The van der Waals surface area contributed by atoms with Crippen LogP contribution in [0.5, 0.6) is 11.5 Å². The van der Waals surface area contributed by atoms with Gasteiger partial charge in [0.25, 0.3) is 0 Å². The van der Waals surface area contributed by atoms with Crippen molar-refractivity contribution in [3.05, 3.63) is 35.4 Å². The largest absolute Gasteiger partial charge is 0.504 e. The van der Waals surface area contributed by atoms with Gasteiger partial charge in [0.1, 0.15) is 6.10 Å². The fourth-order valence-corrected chi connectivity index (χ4v) is 5.97. The Kier molecular flexibility index (Phi) is 2.11. The summed E-state index contributed by atoms with van der Waals surface area (Å²) >= 11 is 0. The zero-order valence-electron chi connectivity index (χ0n) is 17.2. The summed E-state index contributed by atoms with van der Waals surface area (Å²) in [5, 5.41) is 22.6. The molecule has 0 radical (unpaired) electrons. The molecule has 25 heavy (non-hydrogen) atoms. The van der Waals surface area contributed by atoms with Gasteiger partial charge in [0, 0.05) is 22.2 Å². The molecule has 6 rings (SSSR count). The number of aliphatic hydroxyl groups is 1. The fraction of sp³-hybridized carbons (Fsp3) is 0.619. The number of benzene rings is 1. The van der Waals surface area contributed by atoms with Gasteiger partial charge >= 0.3 is 0 Å². The highest BCUT2D eigenvalue weighted by Crippen LogP contribution is 2.66. The molecular weight excluding hydrogens is 314 g/mol. The number of ether oxygens (including phenoxy) is 1. The minimum Gasteiger partial charge on any atom is -0.504 e. The van der Waals surface area contributed by atoms with Crippen molar-refractivity contribution in [1.82, 2.24) is 4.90 Å². The van der Waals surface area contributed by atoms with E-state index in [1.54, 1.807) is 11.0 Å². The van der Waals surface area contributed by atoms with E-state index in [0.717, 1.165) is 16.7 Å². The molecule has 4 atom stereocenters. The van der Waals surface area contributed by atoms with Crippen LogP contribution < -0.4 is 4.74 Å². The first-order valence-corrected chi connectivity index (χ1v) is 9.34. The molecule has 1 aromatic carbocycles. The number of rotatable bonds is 2. The number of phenols is 1. The molecule has 2 bridgehead atoms. The Labute approximate surface area is 152 Å². The maximum atomic E-state index is 12.2. The van der Waals surface area contributed by atoms with E-state index in [0.29, 0.717) is 50.8 Å². The normalized spacial score (nSPS) is 45.0. The molecule has 1 spiro atoms. The smallest absolute Gasteiger partial charge is 0.166 e. The van der Waals surface area contributed by atoms with Crippen LogP contribution >= 0.6 is 0 Å². The number of hydrogen-bond acceptors (Lipinski definition) is 4. The molecule has 0 unspecified atom stereocenters. The van der Waals surface area contributed by atoms with Crippen LogP contribution in [-0.4, -0.2) is 45.9 Å². The predicted octanol–water partition coefficient (Wildman–Crippen LogP) is 2.51. The van der Waals surface area contributed by atoms with Gasteiger partial charge in [0.2, 0.25) is 0 Å². The Morgan fingerprint density at radius 2 is 2.24 bits per heavy atom. The Balaban J connectivity index is 1.58. The van der Waals surface area contributed by atoms with E-state index in [2.05, 4.69) is 6.58 Å². The minimum atomic E-state index is -1.78. The first kappa shape index (κ1) is 12.0. The number of phenolic OH excluding ortho intramolecular Hbond substituents is 1. The predicted molar refractivity (Wildman–Crippen MR) is 93.9 cm³/mol. The molecule has 5 aliphatic rings. The molecule has 2 aliphatic heterocycles. The average molecular weight is 342 g/mol. The van der Waals surface area contributed by atoms with Gasteiger partial charge in [0.05, 0.1) is 11.0 Å². The first-order valence-electron chi connectivity index (χ1n) is 10.8. The van der Waals surface area contributed by atoms with Gasteiger partial charge in [-0.15, -0.1) is 0 Å². The van der Waals surface area contributed by atoms with Crippen LogP contribution in [0.4, 0.5) is 0 Å². The van der Waals surface area contributed by atoms with Gasteiger partial charge in [-0.1, -0.05) is 12.6 Å².